The number of pyridine rings is 1. The maximum Gasteiger partial charge on any atom is 0.256 e. The van der Waals surface area contributed by atoms with Gasteiger partial charge in [-0.25, -0.2) is 13.4 Å². The maximum atomic E-state index is 12.8. The molecule has 0 saturated carbocycles. The fraction of sp³-hybridized carbons (Fsp3) is 0.294. The fourth-order valence-electron chi connectivity index (χ4n) is 2.79. The van der Waals surface area contributed by atoms with Crippen LogP contribution >= 0.6 is 27.7 Å². The molecule has 1 aromatic carbocycles. The van der Waals surface area contributed by atoms with Gasteiger partial charge in [-0.3, -0.25) is 4.79 Å². The summed E-state index contributed by atoms with van der Waals surface area (Å²) in [5, 5.41) is 0.682. The first kappa shape index (κ1) is 19.3. The quantitative estimate of drug-likeness (QED) is 0.662. The van der Waals surface area contributed by atoms with Crippen LogP contribution in [0, 0.1) is 0 Å². The molecule has 2 heterocycles. The third-order valence-corrected chi connectivity index (χ3v) is 7.25. The molecule has 0 unspecified atom stereocenters. The van der Waals surface area contributed by atoms with Gasteiger partial charge in [0.25, 0.3) is 5.91 Å². The van der Waals surface area contributed by atoms with Crippen molar-refractivity contribution in [1.29, 1.82) is 0 Å². The van der Waals surface area contributed by atoms with Gasteiger partial charge < -0.3 is 4.90 Å². The van der Waals surface area contributed by atoms with Gasteiger partial charge in [-0.2, -0.15) is 4.31 Å². The minimum absolute atomic E-state index is 0.109. The predicted octanol–water partition coefficient (Wildman–Crippen LogP) is 2.71. The van der Waals surface area contributed by atoms with Gasteiger partial charge >= 0.3 is 0 Å². The molecule has 9 heteroatoms. The highest BCUT2D eigenvalue weighted by molar-refractivity contribution is 9.10. The molecule has 0 spiro atoms. The number of hydrogen-bond donors (Lipinski definition) is 0. The molecule has 0 radical (unpaired) electrons. The molecular weight excluding hydrogens is 438 g/mol. The summed E-state index contributed by atoms with van der Waals surface area (Å²) in [4.78, 5) is 18.9. The number of hydrogen-bond acceptors (Lipinski definition) is 5. The number of sulfonamides is 1. The van der Waals surface area contributed by atoms with Crippen LogP contribution < -0.4 is 0 Å². The zero-order chi connectivity index (χ0) is 18.7. The number of nitrogens with zero attached hydrogens (tertiary/aromatic N) is 3. The summed E-state index contributed by atoms with van der Waals surface area (Å²) in [7, 11) is -3.56. The highest BCUT2D eigenvalue weighted by Gasteiger charge is 2.31. The lowest BCUT2D eigenvalue weighted by Gasteiger charge is -2.34. The molecule has 138 valence electrons. The Balaban J connectivity index is 1.72. The van der Waals surface area contributed by atoms with Crippen molar-refractivity contribution in [3.8, 4) is 0 Å². The van der Waals surface area contributed by atoms with Gasteiger partial charge in [-0.1, -0.05) is 22.0 Å². The van der Waals surface area contributed by atoms with Gasteiger partial charge in [0.2, 0.25) is 10.0 Å². The highest BCUT2D eigenvalue weighted by atomic mass is 79.9. The lowest BCUT2D eigenvalue weighted by atomic mass is 10.2. The Hall–Kier alpha value is -1.42. The van der Waals surface area contributed by atoms with E-state index >= 15 is 0 Å². The molecule has 1 saturated heterocycles. The van der Waals surface area contributed by atoms with Gasteiger partial charge in [-0.05, 0) is 36.6 Å². The summed E-state index contributed by atoms with van der Waals surface area (Å²) in [6.07, 6.45) is 3.53. The monoisotopic (exact) mass is 455 g/mol. The van der Waals surface area contributed by atoms with Crippen molar-refractivity contribution in [2.45, 2.75) is 9.92 Å². The standard InChI is InChI=1S/C17H18BrN3O3S2/c1-25-16-15(6-3-7-19-16)17(22)20-8-10-21(11-9-20)26(23,24)14-5-2-4-13(18)12-14/h2-7,12H,8-11H2,1H3. The molecule has 2 aromatic rings. The number of carbonyl (C=O) groups is 1. The zero-order valence-corrected chi connectivity index (χ0v) is 17.3. The molecule has 0 atom stereocenters. The second-order valence-electron chi connectivity index (χ2n) is 5.71. The van der Waals surface area contributed by atoms with Gasteiger partial charge in [0.05, 0.1) is 10.5 Å². The van der Waals surface area contributed by atoms with E-state index in [0.29, 0.717) is 28.2 Å². The number of amides is 1. The first-order chi connectivity index (χ1) is 12.4. The number of carbonyl (C=O) groups excluding carboxylic acids is 1. The van der Waals surface area contributed by atoms with Crippen LogP contribution in [0.1, 0.15) is 10.4 Å². The van der Waals surface area contributed by atoms with E-state index in [1.165, 1.54) is 16.1 Å². The van der Waals surface area contributed by atoms with E-state index < -0.39 is 10.0 Å². The number of rotatable bonds is 4. The van der Waals surface area contributed by atoms with E-state index in [-0.39, 0.29) is 23.9 Å². The van der Waals surface area contributed by atoms with E-state index in [1.54, 1.807) is 47.5 Å². The average molecular weight is 456 g/mol. The lowest BCUT2D eigenvalue weighted by Crippen LogP contribution is -2.50. The van der Waals surface area contributed by atoms with E-state index in [1.807, 2.05) is 6.26 Å². The molecule has 1 aliphatic rings. The van der Waals surface area contributed by atoms with Crippen LogP contribution in [0.2, 0.25) is 0 Å². The van der Waals surface area contributed by atoms with Gasteiger partial charge in [0.1, 0.15) is 5.03 Å². The predicted molar refractivity (Wildman–Crippen MR) is 105 cm³/mol. The molecule has 0 bridgehead atoms. The highest BCUT2D eigenvalue weighted by Crippen LogP contribution is 2.23. The van der Waals surface area contributed by atoms with Crippen LogP contribution in [0.4, 0.5) is 0 Å². The number of piperazine rings is 1. The Bertz CT molecular complexity index is 913. The first-order valence-electron chi connectivity index (χ1n) is 7.97. The van der Waals surface area contributed by atoms with E-state index in [2.05, 4.69) is 20.9 Å². The number of benzene rings is 1. The zero-order valence-electron chi connectivity index (χ0n) is 14.1. The maximum absolute atomic E-state index is 12.8. The minimum atomic E-state index is -3.56. The second kappa shape index (κ2) is 8.08. The third-order valence-electron chi connectivity index (χ3n) is 4.15. The van der Waals surface area contributed by atoms with E-state index in [9.17, 15) is 13.2 Å². The van der Waals surface area contributed by atoms with Crippen molar-refractivity contribution < 1.29 is 13.2 Å². The molecule has 26 heavy (non-hydrogen) atoms. The molecule has 1 aliphatic heterocycles. The van der Waals surface area contributed by atoms with Gasteiger partial charge in [0.15, 0.2) is 0 Å². The van der Waals surface area contributed by atoms with Crippen LogP contribution in [-0.2, 0) is 10.0 Å². The summed E-state index contributed by atoms with van der Waals surface area (Å²) in [5.41, 5.74) is 0.559. The van der Waals surface area contributed by atoms with E-state index in [4.69, 9.17) is 0 Å². The minimum Gasteiger partial charge on any atom is -0.336 e. The topological polar surface area (TPSA) is 70.6 Å². The molecule has 1 aromatic heterocycles. The molecule has 0 aliphatic carbocycles. The Morgan fingerprint density at radius 1 is 1.15 bits per heavy atom. The first-order valence-corrected chi connectivity index (χ1v) is 11.4. The smallest absolute Gasteiger partial charge is 0.256 e. The van der Waals surface area contributed by atoms with Crippen molar-refractivity contribution in [2.75, 3.05) is 32.4 Å². The second-order valence-corrected chi connectivity index (χ2v) is 9.36. The number of thioether (sulfide) groups is 1. The Morgan fingerprint density at radius 3 is 2.54 bits per heavy atom. The summed E-state index contributed by atoms with van der Waals surface area (Å²) < 4.78 is 27.7. The third kappa shape index (κ3) is 3.95. The van der Waals surface area contributed by atoms with Crippen molar-refractivity contribution >= 4 is 43.6 Å². The van der Waals surface area contributed by atoms with Crippen LogP contribution in [0.15, 0.2) is 57.0 Å². The van der Waals surface area contributed by atoms with Gasteiger partial charge in [-0.15, -0.1) is 11.8 Å². The molecule has 3 rings (SSSR count). The van der Waals surface area contributed by atoms with Crippen molar-refractivity contribution in [3.63, 3.8) is 0 Å². The van der Waals surface area contributed by atoms with Crippen molar-refractivity contribution in [2.24, 2.45) is 0 Å². The summed E-state index contributed by atoms with van der Waals surface area (Å²) in [6, 6.07) is 10.1. The van der Waals surface area contributed by atoms with Crippen LogP contribution in [0.25, 0.3) is 0 Å². The average Bonchev–Trinajstić information content (AvgIpc) is 2.67. The summed E-state index contributed by atoms with van der Waals surface area (Å²) in [5.74, 6) is -0.109. The van der Waals surface area contributed by atoms with E-state index in [0.717, 1.165) is 0 Å². The summed E-state index contributed by atoms with van der Waals surface area (Å²) in [6.45, 7) is 1.26. The number of aromatic nitrogens is 1. The van der Waals surface area contributed by atoms with Crippen LogP contribution in [-0.4, -0.2) is 60.9 Å². The molecule has 0 N–H and O–H groups in total. The fourth-order valence-corrected chi connectivity index (χ4v) is 5.36. The van der Waals surface area contributed by atoms with Gasteiger partial charge in [0, 0.05) is 36.8 Å². The lowest BCUT2D eigenvalue weighted by molar-refractivity contribution is 0.0693. The van der Waals surface area contributed by atoms with Crippen LogP contribution in [0.5, 0.6) is 0 Å². The number of halogens is 1. The normalized spacial score (nSPS) is 15.8. The van der Waals surface area contributed by atoms with Crippen LogP contribution in [0.3, 0.4) is 0 Å². The molecule has 6 nitrogen and oxygen atoms in total. The molecular formula is C17H18BrN3O3S2. The SMILES string of the molecule is CSc1ncccc1C(=O)N1CCN(S(=O)(=O)c2cccc(Br)c2)CC1. The largest absolute Gasteiger partial charge is 0.336 e. The van der Waals surface area contributed by atoms with Crippen molar-refractivity contribution in [1.82, 2.24) is 14.2 Å². The Morgan fingerprint density at radius 2 is 1.88 bits per heavy atom. The summed E-state index contributed by atoms with van der Waals surface area (Å²) >= 11 is 4.72. The molecule has 1 fully saturated rings. The van der Waals surface area contributed by atoms with Crippen molar-refractivity contribution in [3.05, 3.63) is 52.6 Å². The molecule has 1 amide bonds. The Labute approximate surface area is 165 Å². The Kier molecular flexibility index (Phi) is 6.01.